The Kier molecular flexibility index (Phi) is 4.09. The fraction of sp³-hybridized carbons (Fsp3) is 0.429. The van der Waals surface area contributed by atoms with Gasteiger partial charge in [-0.05, 0) is 19.9 Å². The first-order valence-corrected chi connectivity index (χ1v) is 2.99. The minimum Gasteiger partial charge on any atom is -0.496 e. The molecule has 0 fully saturated rings. The van der Waals surface area contributed by atoms with Gasteiger partial charge in [0.1, 0.15) is 0 Å². The molecule has 0 aliphatic carbocycles. The Morgan fingerprint density at radius 3 is 2.80 bits per heavy atom. The zero-order valence-corrected chi connectivity index (χ0v) is 6.05. The number of carbonyl (C=O) groups excluding carboxylic acids is 1. The monoisotopic (exact) mass is 142 g/mol. The molecular weight excluding hydrogens is 132 g/mol. The van der Waals surface area contributed by atoms with Crippen molar-refractivity contribution in [2.24, 2.45) is 0 Å². The van der Waals surface area contributed by atoms with Gasteiger partial charge < -0.3 is 9.84 Å². The average Bonchev–Trinajstić information content (AvgIpc) is 1.89. The lowest BCUT2D eigenvalue weighted by Crippen LogP contribution is -2.05. The fourth-order valence-electron chi connectivity index (χ4n) is 0.395. The number of hydrogen-bond acceptors (Lipinski definition) is 3. The Labute approximate surface area is 59.6 Å². The summed E-state index contributed by atoms with van der Waals surface area (Å²) in [5.74, 6) is -1.22. The second kappa shape index (κ2) is 4.65. The van der Waals surface area contributed by atoms with Crippen molar-refractivity contribution >= 4 is 5.97 Å². The zero-order chi connectivity index (χ0) is 7.98. The number of rotatable bonds is 2. The van der Waals surface area contributed by atoms with E-state index in [4.69, 9.17) is 5.11 Å². The van der Waals surface area contributed by atoms with E-state index in [1.165, 1.54) is 6.08 Å². The minimum absolute atomic E-state index is 0.258. The van der Waals surface area contributed by atoms with Gasteiger partial charge in [-0.1, -0.05) is 5.73 Å². The molecule has 0 amide bonds. The lowest BCUT2D eigenvalue weighted by Gasteiger charge is -1.95. The van der Waals surface area contributed by atoms with E-state index in [0.717, 1.165) is 0 Å². The number of hydrogen-bond donors (Lipinski definition) is 1. The van der Waals surface area contributed by atoms with Crippen LogP contribution < -0.4 is 0 Å². The predicted molar refractivity (Wildman–Crippen MR) is 36.5 cm³/mol. The first-order chi connectivity index (χ1) is 4.72. The van der Waals surface area contributed by atoms with Crippen LogP contribution in [0.5, 0.6) is 0 Å². The Morgan fingerprint density at radius 1 is 1.80 bits per heavy atom. The molecule has 3 nitrogen and oxygen atoms in total. The van der Waals surface area contributed by atoms with Crippen LogP contribution in [0.3, 0.4) is 0 Å². The lowest BCUT2D eigenvalue weighted by atomic mass is 10.5. The van der Waals surface area contributed by atoms with Crippen molar-refractivity contribution < 1.29 is 14.6 Å². The number of carbonyl (C=O) groups is 1. The Hall–Kier alpha value is -1.21. The van der Waals surface area contributed by atoms with Gasteiger partial charge in [0.15, 0.2) is 0 Å². The van der Waals surface area contributed by atoms with Crippen LogP contribution in [0.25, 0.3) is 0 Å². The van der Waals surface area contributed by atoms with Crippen molar-refractivity contribution in [3.05, 3.63) is 17.6 Å². The molecule has 0 unspecified atom stereocenters. The largest absolute Gasteiger partial charge is 0.496 e. The Balaban J connectivity index is 4.08. The highest BCUT2D eigenvalue weighted by Crippen LogP contribution is 1.89. The summed E-state index contributed by atoms with van der Waals surface area (Å²) in [7, 11) is 0. The van der Waals surface area contributed by atoms with Crippen LogP contribution in [-0.2, 0) is 9.53 Å². The topological polar surface area (TPSA) is 46.5 Å². The smallest absolute Gasteiger partial charge is 0.381 e. The fourth-order valence-corrected chi connectivity index (χ4v) is 0.395. The van der Waals surface area contributed by atoms with E-state index in [1.807, 2.05) is 0 Å². The standard InChI is InChI=1S/C7H10O3/c1-3-5-6(8)7(9)10-4-2/h3,8H,4H2,1-2H3. The van der Waals surface area contributed by atoms with Crippen LogP contribution in [-0.4, -0.2) is 17.7 Å². The number of ether oxygens (including phenoxy) is 1. The van der Waals surface area contributed by atoms with Crippen molar-refractivity contribution in [1.82, 2.24) is 0 Å². The first kappa shape index (κ1) is 8.79. The van der Waals surface area contributed by atoms with Crippen molar-refractivity contribution in [2.75, 3.05) is 6.61 Å². The van der Waals surface area contributed by atoms with Crippen molar-refractivity contribution in [2.45, 2.75) is 13.8 Å². The maximum atomic E-state index is 10.5. The lowest BCUT2D eigenvalue weighted by molar-refractivity contribution is -0.141. The summed E-state index contributed by atoms with van der Waals surface area (Å²) in [6, 6.07) is 0. The predicted octanol–water partition coefficient (Wildman–Crippen LogP) is 1.17. The highest BCUT2D eigenvalue weighted by Gasteiger charge is 2.04. The van der Waals surface area contributed by atoms with Crippen LogP contribution in [0.1, 0.15) is 13.8 Å². The maximum Gasteiger partial charge on any atom is 0.381 e. The van der Waals surface area contributed by atoms with Gasteiger partial charge in [0.25, 0.3) is 0 Å². The molecule has 0 saturated carbocycles. The molecule has 0 heterocycles. The molecule has 0 bridgehead atoms. The second-order valence-electron chi connectivity index (χ2n) is 1.50. The van der Waals surface area contributed by atoms with E-state index >= 15 is 0 Å². The minimum atomic E-state index is -0.736. The molecule has 0 aliphatic rings. The molecule has 3 heteroatoms. The molecule has 0 rings (SSSR count). The molecule has 56 valence electrons. The van der Waals surface area contributed by atoms with Gasteiger partial charge in [0.2, 0.25) is 5.76 Å². The third-order valence-electron chi connectivity index (χ3n) is 0.750. The Bertz CT molecular complexity index is 175. The van der Waals surface area contributed by atoms with Gasteiger partial charge >= 0.3 is 5.97 Å². The SMILES string of the molecule is CC=C=C(O)C(=O)OCC. The molecule has 0 radical (unpaired) electrons. The van der Waals surface area contributed by atoms with E-state index in [2.05, 4.69) is 10.5 Å². The molecule has 0 atom stereocenters. The van der Waals surface area contributed by atoms with Gasteiger partial charge in [-0.2, -0.15) is 0 Å². The zero-order valence-electron chi connectivity index (χ0n) is 6.05. The van der Waals surface area contributed by atoms with E-state index in [-0.39, 0.29) is 6.61 Å². The molecule has 0 aromatic rings. The van der Waals surface area contributed by atoms with Gasteiger partial charge in [-0.25, -0.2) is 4.79 Å². The summed E-state index contributed by atoms with van der Waals surface area (Å²) in [6.45, 7) is 3.57. The van der Waals surface area contributed by atoms with Gasteiger partial charge in [-0.3, -0.25) is 0 Å². The van der Waals surface area contributed by atoms with Gasteiger partial charge in [-0.15, -0.1) is 0 Å². The van der Waals surface area contributed by atoms with Crippen LogP contribution in [0.15, 0.2) is 17.6 Å². The summed E-state index contributed by atoms with van der Waals surface area (Å²) >= 11 is 0. The van der Waals surface area contributed by atoms with E-state index in [0.29, 0.717) is 0 Å². The molecule has 10 heavy (non-hydrogen) atoms. The van der Waals surface area contributed by atoms with Crippen molar-refractivity contribution in [3.8, 4) is 0 Å². The number of esters is 1. The van der Waals surface area contributed by atoms with E-state index in [9.17, 15) is 4.79 Å². The summed E-state index contributed by atoms with van der Waals surface area (Å²) in [5, 5.41) is 8.75. The third-order valence-corrected chi connectivity index (χ3v) is 0.750. The van der Waals surface area contributed by atoms with Crippen LogP contribution >= 0.6 is 0 Å². The van der Waals surface area contributed by atoms with Crippen LogP contribution in [0, 0.1) is 0 Å². The molecule has 0 aliphatic heterocycles. The summed E-state index contributed by atoms with van der Waals surface area (Å²) in [6.07, 6.45) is 1.44. The van der Waals surface area contributed by atoms with E-state index in [1.54, 1.807) is 13.8 Å². The summed E-state index contributed by atoms with van der Waals surface area (Å²) in [4.78, 5) is 10.5. The number of aliphatic hydroxyl groups excluding tert-OH is 1. The summed E-state index contributed by atoms with van der Waals surface area (Å²) < 4.78 is 4.45. The van der Waals surface area contributed by atoms with Crippen molar-refractivity contribution in [3.63, 3.8) is 0 Å². The molecule has 0 aromatic carbocycles. The van der Waals surface area contributed by atoms with E-state index < -0.39 is 11.7 Å². The average molecular weight is 142 g/mol. The van der Waals surface area contributed by atoms with Gasteiger partial charge in [0.05, 0.1) is 6.61 Å². The van der Waals surface area contributed by atoms with Crippen molar-refractivity contribution in [1.29, 1.82) is 0 Å². The molecule has 0 spiro atoms. The maximum absolute atomic E-state index is 10.5. The molecule has 0 aromatic heterocycles. The molecular formula is C7H10O3. The normalized spacial score (nSPS) is 7.80. The summed E-state index contributed by atoms with van der Waals surface area (Å²) in [5.41, 5.74) is 2.30. The van der Waals surface area contributed by atoms with Crippen LogP contribution in [0.4, 0.5) is 0 Å². The number of aliphatic hydroxyl groups is 1. The first-order valence-electron chi connectivity index (χ1n) is 2.99. The second-order valence-corrected chi connectivity index (χ2v) is 1.50. The third kappa shape index (κ3) is 2.95. The van der Waals surface area contributed by atoms with Gasteiger partial charge in [0, 0.05) is 0 Å². The Morgan fingerprint density at radius 2 is 2.40 bits per heavy atom. The molecule has 1 N–H and O–H groups in total. The quantitative estimate of drug-likeness (QED) is 0.272. The highest BCUT2D eigenvalue weighted by molar-refractivity contribution is 5.85. The molecule has 0 saturated heterocycles. The highest BCUT2D eigenvalue weighted by atomic mass is 16.5. The van der Waals surface area contributed by atoms with Crippen LogP contribution in [0.2, 0.25) is 0 Å².